The first kappa shape index (κ1) is 13.5. The second-order valence-electron chi connectivity index (χ2n) is 5.32. The highest BCUT2D eigenvalue weighted by molar-refractivity contribution is 6.31. The summed E-state index contributed by atoms with van der Waals surface area (Å²) in [5.41, 5.74) is 5.10. The Kier molecular flexibility index (Phi) is 3.68. The molecule has 1 N–H and O–H groups in total. The maximum Gasteiger partial charge on any atom is 0.0474 e. The van der Waals surface area contributed by atoms with Crippen LogP contribution in [0, 0.1) is 0 Å². The smallest absolute Gasteiger partial charge is 0.0474 e. The van der Waals surface area contributed by atoms with E-state index in [4.69, 9.17) is 11.6 Å². The monoisotopic (exact) mass is 286 g/mol. The zero-order valence-electron chi connectivity index (χ0n) is 11.9. The van der Waals surface area contributed by atoms with Crippen LogP contribution in [0.3, 0.4) is 0 Å². The SMILES string of the molecule is CNCc1c(Cl)cccc1N1c2ccccc2CC1C. The lowest BCUT2D eigenvalue weighted by Gasteiger charge is -2.28. The van der Waals surface area contributed by atoms with Crippen molar-refractivity contribution >= 4 is 23.0 Å². The van der Waals surface area contributed by atoms with E-state index in [9.17, 15) is 0 Å². The third-order valence-corrected chi connectivity index (χ3v) is 4.27. The highest BCUT2D eigenvalue weighted by Gasteiger charge is 2.28. The van der Waals surface area contributed by atoms with Crippen molar-refractivity contribution in [1.82, 2.24) is 5.32 Å². The lowest BCUT2D eigenvalue weighted by molar-refractivity contribution is 0.746. The van der Waals surface area contributed by atoms with E-state index in [0.717, 1.165) is 18.0 Å². The third-order valence-electron chi connectivity index (χ3n) is 3.91. The van der Waals surface area contributed by atoms with Gasteiger partial charge in [-0.05, 0) is 44.2 Å². The normalized spacial score (nSPS) is 17.4. The van der Waals surface area contributed by atoms with Crippen molar-refractivity contribution in [2.75, 3.05) is 11.9 Å². The Morgan fingerprint density at radius 1 is 1.15 bits per heavy atom. The summed E-state index contributed by atoms with van der Waals surface area (Å²) in [5.74, 6) is 0. The topological polar surface area (TPSA) is 15.3 Å². The van der Waals surface area contributed by atoms with E-state index in [1.165, 1.54) is 22.5 Å². The van der Waals surface area contributed by atoms with Crippen LogP contribution >= 0.6 is 11.6 Å². The van der Waals surface area contributed by atoms with E-state index in [1.54, 1.807) is 0 Å². The van der Waals surface area contributed by atoms with Crippen molar-refractivity contribution in [3.05, 3.63) is 58.6 Å². The zero-order valence-corrected chi connectivity index (χ0v) is 12.6. The van der Waals surface area contributed by atoms with Crippen molar-refractivity contribution in [3.63, 3.8) is 0 Å². The van der Waals surface area contributed by atoms with E-state index in [0.29, 0.717) is 6.04 Å². The van der Waals surface area contributed by atoms with Crippen LogP contribution in [0.2, 0.25) is 5.02 Å². The number of halogens is 1. The molecule has 0 saturated carbocycles. The van der Waals surface area contributed by atoms with Crippen LogP contribution in [-0.4, -0.2) is 13.1 Å². The van der Waals surface area contributed by atoms with Gasteiger partial charge in [-0.1, -0.05) is 35.9 Å². The average Bonchev–Trinajstić information content (AvgIpc) is 2.77. The van der Waals surface area contributed by atoms with Gasteiger partial charge in [-0.2, -0.15) is 0 Å². The molecule has 2 aromatic rings. The van der Waals surface area contributed by atoms with E-state index in [1.807, 2.05) is 19.2 Å². The minimum Gasteiger partial charge on any atom is -0.338 e. The van der Waals surface area contributed by atoms with E-state index in [-0.39, 0.29) is 0 Å². The van der Waals surface area contributed by atoms with Crippen molar-refractivity contribution < 1.29 is 0 Å². The molecule has 0 spiro atoms. The van der Waals surface area contributed by atoms with Gasteiger partial charge in [0.25, 0.3) is 0 Å². The lowest BCUT2D eigenvalue weighted by Crippen LogP contribution is -2.25. The van der Waals surface area contributed by atoms with Crippen LogP contribution in [0.25, 0.3) is 0 Å². The van der Waals surface area contributed by atoms with Crippen molar-refractivity contribution in [1.29, 1.82) is 0 Å². The van der Waals surface area contributed by atoms with E-state index < -0.39 is 0 Å². The van der Waals surface area contributed by atoms with Crippen LogP contribution in [0.5, 0.6) is 0 Å². The fraction of sp³-hybridized carbons (Fsp3) is 0.294. The third kappa shape index (κ3) is 2.19. The van der Waals surface area contributed by atoms with Crippen molar-refractivity contribution in [2.45, 2.75) is 25.9 Å². The number of nitrogens with one attached hydrogen (secondary N) is 1. The van der Waals surface area contributed by atoms with Crippen molar-refractivity contribution in [2.24, 2.45) is 0 Å². The molecule has 0 aliphatic carbocycles. The molecule has 1 unspecified atom stereocenters. The molecule has 0 fully saturated rings. The Bertz CT molecular complexity index is 624. The number of para-hydroxylation sites is 1. The van der Waals surface area contributed by atoms with Crippen LogP contribution in [-0.2, 0) is 13.0 Å². The Balaban J connectivity index is 2.12. The fourth-order valence-corrected chi connectivity index (χ4v) is 3.29. The summed E-state index contributed by atoms with van der Waals surface area (Å²) in [6.07, 6.45) is 1.09. The molecule has 0 aromatic heterocycles. The second-order valence-corrected chi connectivity index (χ2v) is 5.73. The summed E-state index contributed by atoms with van der Waals surface area (Å²) in [7, 11) is 1.95. The Hall–Kier alpha value is -1.51. The second kappa shape index (κ2) is 5.47. The molecule has 1 heterocycles. The average molecular weight is 287 g/mol. The summed E-state index contributed by atoms with van der Waals surface area (Å²) in [4.78, 5) is 2.41. The molecule has 1 aliphatic rings. The Morgan fingerprint density at radius 3 is 2.70 bits per heavy atom. The first-order valence-electron chi connectivity index (χ1n) is 7.01. The van der Waals surface area contributed by atoms with Gasteiger partial charge in [0.05, 0.1) is 0 Å². The number of nitrogens with zero attached hydrogens (tertiary/aromatic N) is 1. The molecular weight excluding hydrogens is 268 g/mol. The Labute approximate surface area is 125 Å². The first-order chi connectivity index (χ1) is 9.72. The predicted molar refractivity (Wildman–Crippen MR) is 86.0 cm³/mol. The van der Waals surface area contributed by atoms with E-state index >= 15 is 0 Å². The van der Waals surface area contributed by atoms with Gasteiger partial charge in [-0.3, -0.25) is 0 Å². The molecule has 2 aromatic carbocycles. The van der Waals surface area contributed by atoms with Gasteiger partial charge >= 0.3 is 0 Å². The zero-order chi connectivity index (χ0) is 14.1. The maximum atomic E-state index is 6.39. The highest BCUT2D eigenvalue weighted by Crippen LogP contribution is 2.41. The molecule has 3 rings (SSSR count). The molecular formula is C17H19ClN2. The van der Waals surface area contributed by atoms with Crippen LogP contribution < -0.4 is 10.2 Å². The maximum absolute atomic E-state index is 6.39. The van der Waals surface area contributed by atoms with Gasteiger partial charge in [0.2, 0.25) is 0 Å². The number of fused-ring (bicyclic) bond motifs is 1. The van der Waals surface area contributed by atoms with Crippen LogP contribution in [0.15, 0.2) is 42.5 Å². The van der Waals surface area contributed by atoms with Crippen LogP contribution in [0.1, 0.15) is 18.1 Å². The first-order valence-corrected chi connectivity index (χ1v) is 7.39. The summed E-state index contributed by atoms with van der Waals surface area (Å²) in [6.45, 7) is 3.05. The summed E-state index contributed by atoms with van der Waals surface area (Å²) in [5, 5.41) is 4.04. The van der Waals surface area contributed by atoms with Gasteiger partial charge in [0, 0.05) is 34.5 Å². The molecule has 3 heteroatoms. The highest BCUT2D eigenvalue weighted by atomic mass is 35.5. The molecule has 2 nitrogen and oxygen atoms in total. The van der Waals surface area contributed by atoms with E-state index in [2.05, 4.69) is 47.5 Å². The molecule has 0 radical (unpaired) electrons. The molecule has 104 valence electrons. The largest absolute Gasteiger partial charge is 0.338 e. The molecule has 0 saturated heterocycles. The standard InChI is InChI=1S/C17H19ClN2/c1-12-10-13-6-3-4-8-16(13)20(12)17-9-5-7-15(18)14(17)11-19-2/h3-9,12,19H,10-11H2,1-2H3. The van der Waals surface area contributed by atoms with Gasteiger partial charge < -0.3 is 10.2 Å². The molecule has 0 bridgehead atoms. The molecule has 0 amide bonds. The minimum absolute atomic E-state index is 0.460. The number of anilines is 2. The lowest BCUT2D eigenvalue weighted by atomic mass is 10.1. The van der Waals surface area contributed by atoms with Gasteiger partial charge in [0.1, 0.15) is 0 Å². The fourth-order valence-electron chi connectivity index (χ4n) is 3.06. The summed E-state index contributed by atoms with van der Waals surface area (Å²) >= 11 is 6.39. The minimum atomic E-state index is 0.460. The predicted octanol–water partition coefficient (Wildman–Crippen LogP) is 4.14. The van der Waals surface area contributed by atoms with Crippen molar-refractivity contribution in [3.8, 4) is 0 Å². The number of benzene rings is 2. The molecule has 1 aliphatic heterocycles. The summed E-state index contributed by atoms with van der Waals surface area (Å²) in [6, 6.07) is 15.2. The number of rotatable bonds is 3. The van der Waals surface area contributed by atoms with Gasteiger partial charge in [-0.15, -0.1) is 0 Å². The molecule has 20 heavy (non-hydrogen) atoms. The van der Waals surface area contributed by atoms with Crippen LogP contribution in [0.4, 0.5) is 11.4 Å². The quantitative estimate of drug-likeness (QED) is 0.912. The number of hydrogen-bond donors (Lipinski definition) is 1. The number of hydrogen-bond acceptors (Lipinski definition) is 2. The van der Waals surface area contributed by atoms with Gasteiger partial charge in [-0.25, -0.2) is 0 Å². The summed E-state index contributed by atoms with van der Waals surface area (Å²) < 4.78 is 0. The van der Waals surface area contributed by atoms with Gasteiger partial charge in [0.15, 0.2) is 0 Å². The Morgan fingerprint density at radius 2 is 1.90 bits per heavy atom. The molecule has 1 atom stereocenters.